The van der Waals surface area contributed by atoms with Crippen molar-refractivity contribution in [3.8, 4) is 11.5 Å². The molecule has 2 heterocycles. The van der Waals surface area contributed by atoms with E-state index in [1.54, 1.807) is 0 Å². The number of nitrogens with one attached hydrogen (secondary N) is 2. The number of fused-ring (bicyclic) bond motifs is 1. The molecule has 1 amide bonds. The summed E-state index contributed by atoms with van der Waals surface area (Å²) in [5, 5.41) is 6.56. The summed E-state index contributed by atoms with van der Waals surface area (Å²) in [6, 6.07) is 6.29. The second-order valence-corrected chi connectivity index (χ2v) is 7.22. The van der Waals surface area contributed by atoms with Crippen LogP contribution >= 0.6 is 12.4 Å². The van der Waals surface area contributed by atoms with Crippen LogP contribution in [-0.4, -0.2) is 56.2 Å². The maximum Gasteiger partial charge on any atom is 0.234 e. The topological polar surface area (TPSA) is 62.8 Å². The van der Waals surface area contributed by atoms with Crippen molar-refractivity contribution < 1.29 is 14.3 Å². The molecule has 1 aromatic carbocycles. The van der Waals surface area contributed by atoms with Crippen LogP contribution < -0.4 is 20.1 Å². The Morgan fingerprint density at radius 3 is 2.73 bits per heavy atom. The fraction of sp³-hybridized carbons (Fsp3) is 0.632. The monoisotopic (exact) mass is 383 g/mol. The van der Waals surface area contributed by atoms with Crippen LogP contribution in [0.5, 0.6) is 11.5 Å². The van der Waals surface area contributed by atoms with Crippen LogP contribution in [0.3, 0.4) is 0 Å². The van der Waals surface area contributed by atoms with Crippen LogP contribution in [0, 0.1) is 5.92 Å². The lowest BCUT2D eigenvalue weighted by Crippen LogP contribution is -2.53. The second kappa shape index (κ2) is 9.44. The Labute approximate surface area is 162 Å². The van der Waals surface area contributed by atoms with Gasteiger partial charge in [-0.15, -0.1) is 12.4 Å². The zero-order valence-electron chi connectivity index (χ0n) is 15.8. The maximum absolute atomic E-state index is 12.6. The average Bonchev–Trinajstić information content (AvgIpc) is 2.61. The lowest BCUT2D eigenvalue weighted by Gasteiger charge is -2.34. The first-order valence-corrected chi connectivity index (χ1v) is 9.18. The molecule has 2 atom stereocenters. The quantitative estimate of drug-likeness (QED) is 0.814. The van der Waals surface area contributed by atoms with Crippen molar-refractivity contribution in [2.45, 2.75) is 32.9 Å². The highest BCUT2D eigenvalue weighted by atomic mass is 35.5. The summed E-state index contributed by atoms with van der Waals surface area (Å²) in [5.74, 6) is 1.90. The number of halogens is 1. The summed E-state index contributed by atoms with van der Waals surface area (Å²) in [7, 11) is 0. The van der Waals surface area contributed by atoms with Gasteiger partial charge in [-0.2, -0.15) is 0 Å². The van der Waals surface area contributed by atoms with Crippen LogP contribution in [0.25, 0.3) is 0 Å². The molecule has 7 heteroatoms. The standard InChI is InChI=1S/C19H29N3O3.ClH/c1-13(2)19(15-4-5-16-17(10-15)25-9-8-24-16)21-18(23)12-22-7-6-20-11-14(22)3;/h4-5,10,13-14,19-20H,6-9,11-12H2,1-3H3,(H,21,23);1H/t14-,19?;/m1./s1. The van der Waals surface area contributed by atoms with Gasteiger partial charge < -0.3 is 20.1 Å². The Hall–Kier alpha value is -1.50. The van der Waals surface area contributed by atoms with Crippen molar-refractivity contribution >= 4 is 18.3 Å². The second-order valence-electron chi connectivity index (χ2n) is 7.22. The highest BCUT2D eigenvalue weighted by Gasteiger charge is 2.24. The molecule has 2 N–H and O–H groups in total. The molecule has 2 aliphatic heterocycles. The van der Waals surface area contributed by atoms with E-state index in [1.165, 1.54) is 0 Å². The number of rotatable bonds is 5. The summed E-state index contributed by atoms with van der Waals surface area (Å²) >= 11 is 0. The van der Waals surface area contributed by atoms with E-state index < -0.39 is 0 Å². The number of amides is 1. The Bertz CT molecular complexity index is 612. The predicted octanol–water partition coefficient (Wildman–Crippen LogP) is 1.99. The van der Waals surface area contributed by atoms with Gasteiger partial charge in [0.25, 0.3) is 0 Å². The molecule has 1 saturated heterocycles. The third kappa shape index (κ3) is 5.02. The molecule has 0 saturated carbocycles. The first-order chi connectivity index (χ1) is 12.0. The number of nitrogens with zero attached hydrogens (tertiary/aromatic N) is 1. The van der Waals surface area contributed by atoms with E-state index >= 15 is 0 Å². The SMILES string of the molecule is CC(C)C(NC(=O)CN1CCNC[C@H]1C)c1ccc2c(c1)OCCO2.Cl. The van der Waals surface area contributed by atoms with E-state index in [4.69, 9.17) is 9.47 Å². The normalized spacial score (nSPS) is 21.0. The molecule has 0 spiro atoms. The minimum Gasteiger partial charge on any atom is -0.486 e. The van der Waals surface area contributed by atoms with Crippen LogP contribution in [0.2, 0.25) is 0 Å². The van der Waals surface area contributed by atoms with Crippen LogP contribution in [-0.2, 0) is 4.79 Å². The molecule has 1 unspecified atom stereocenters. The summed E-state index contributed by atoms with van der Waals surface area (Å²) in [6.45, 7) is 10.8. The van der Waals surface area contributed by atoms with Crippen molar-refractivity contribution in [1.29, 1.82) is 0 Å². The Balaban J connectivity index is 0.00000243. The third-order valence-electron chi connectivity index (χ3n) is 4.89. The van der Waals surface area contributed by atoms with E-state index in [0.717, 1.165) is 36.7 Å². The van der Waals surface area contributed by atoms with E-state index in [9.17, 15) is 4.79 Å². The molecule has 1 fully saturated rings. The first-order valence-electron chi connectivity index (χ1n) is 9.18. The predicted molar refractivity (Wildman–Crippen MR) is 104 cm³/mol. The van der Waals surface area contributed by atoms with E-state index in [1.807, 2.05) is 18.2 Å². The van der Waals surface area contributed by atoms with Crippen molar-refractivity contribution in [2.24, 2.45) is 5.92 Å². The number of piperazine rings is 1. The molecule has 26 heavy (non-hydrogen) atoms. The maximum atomic E-state index is 12.6. The molecule has 2 aliphatic rings. The molecule has 0 aromatic heterocycles. The van der Waals surface area contributed by atoms with Crippen LogP contribution in [0.1, 0.15) is 32.4 Å². The summed E-state index contributed by atoms with van der Waals surface area (Å²) in [5.41, 5.74) is 1.06. The van der Waals surface area contributed by atoms with Gasteiger partial charge in [0.2, 0.25) is 5.91 Å². The lowest BCUT2D eigenvalue weighted by molar-refractivity contribution is -0.124. The molecule has 0 bridgehead atoms. The molecule has 0 aliphatic carbocycles. The van der Waals surface area contributed by atoms with Crippen molar-refractivity contribution in [2.75, 3.05) is 39.4 Å². The number of hydrogen-bond acceptors (Lipinski definition) is 5. The van der Waals surface area contributed by atoms with E-state index in [0.29, 0.717) is 25.8 Å². The Morgan fingerprint density at radius 2 is 2.04 bits per heavy atom. The fourth-order valence-electron chi connectivity index (χ4n) is 3.41. The zero-order chi connectivity index (χ0) is 17.8. The van der Waals surface area contributed by atoms with Crippen molar-refractivity contribution in [1.82, 2.24) is 15.5 Å². The van der Waals surface area contributed by atoms with Crippen molar-refractivity contribution in [3.63, 3.8) is 0 Å². The number of carbonyl (C=O) groups is 1. The molecule has 6 nitrogen and oxygen atoms in total. The number of benzene rings is 1. The van der Waals surface area contributed by atoms with Gasteiger partial charge in [-0.25, -0.2) is 0 Å². The molecule has 3 rings (SSSR count). The van der Waals surface area contributed by atoms with Gasteiger partial charge in [-0.05, 0) is 30.5 Å². The molecule has 146 valence electrons. The number of ether oxygens (including phenoxy) is 2. The molecule has 0 radical (unpaired) electrons. The van der Waals surface area contributed by atoms with E-state index in [2.05, 4.69) is 36.3 Å². The van der Waals surface area contributed by atoms with Gasteiger partial charge in [-0.3, -0.25) is 9.69 Å². The fourth-order valence-corrected chi connectivity index (χ4v) is 3.41. The van der Waals surface area contributed by atoms with Crippen LogP contribution in [0.4, 0.5) is 0 Å². The Kier molecular flexibility index (Phi) is 7.55. The zero-order valence-corrected chi connectivity index (χ0v) is 16.6. The molecular weight excluding hydrogens is 354 g/mol. The van der Waals surface area contributed by atoms with Gasteiger partial charge in [0, 0.05) is 25.7 Å². The van der Waals surface area contributed by atoms with Gasteiger partial charge in [0.05, 0.1) is 12.6 Å². The number of hydrogen-bond donors (Lipinski definition) is 2. The smallest absolute Gasteiger partial charge is 0.234 e. The van der Waals surface area contributed by atoms with Gasteiger partial charge in [0.15, 0.2) is 11.5 Å². The summed E-state index contributed by atoms with van der Waals surface area (Å²) < 4.78 is 11.3. The number of carbonyl (C=O) groups excluding carboxylic acids is 1. The van der Waals surface area contributed by atoms with Gasteiger partial charge >= 0.3 is 0 Å². The molecular formula is C19H30ClN3O3. The highest BCUT2D eigenvalue weighted by molar-refractivity contribution is 5.85. The summed E-state index contributed by atoms with van der Waals surface area (Å²) in [6.07, 6.45) is 0. The van der Waals surface area contributed by atoms with Crippen LogP contribution in [0.15, 0.2) is 18.2 Å². The van der Waals surface area contributed by atoms with Gasteiger partial charge in [-0.1, -0.05) is 19.9 Å². The van der Waals surface area contributed by atoms with E-state index in [-0.39, 0.29) is 30.3 Å². The largest absolute Gasteiger partial charge is 0.486 e. The lowest BCUT2D eigenvalue weighted by atomic mass is 9.95. The third-order valence-corrected chi connectivity index (χ3v) is 4.89. The highest BCUT2D eigenvalue weighted by Crippen LogP contribution is 2.34. The Morgan fingerprint density at radius 1 is 1.31 bits per heavy atom. The average molecular weight is 384 g/mol. The minimum absolute atomic E-state index is 0. The molecule has 1 aromatic rings. The van der Waals surface area contributed by atoms with Crippen molar-refractivity contribution in [3.05, 3.63) is 23.8 Å². The summed E-state index contributed by atoms with van der Waals surface area (Å²) in [4.78, 5) is 14.8. The minimum atomic E-state index is -0.0402. The first kappa shape index (κ1) is 20.8. The van der Waals surface area contributed by atoms with Gasteiger partial charge in [0.1, 0.15) is 13.2 Å².